The van der Waals surface area contributed by atoms with Crippen molar-refractivity contribution in [2.24, 2.45) is 0 Å². The van der Waals surface area contributed by atoms with E-state index >= 15 is 0 Å². The molecule has 4 nitrogen and oxygen atoms in total. The first-order chi connectivity index (χ1) is 12.0. The lowest BCUT2D eigenvalue weighted by Crippen LogP contribution is -2.50. The zero-order valence-electron chi connectivity index (χ0n) is 15.9. The van der Waals surface area contributed by atoms with Crippen molar-refractivity contribution in [1.29, 1.82) is 0 Å². The van der Waals surface area contributed by atoms with Crippen molar-refractivity contribution in [2.75, 3.05) is 0 Å². The van der Waals surface area contributed by atoms with Crippen LogP contribution in [0.2, 0.25) is 0 Å². The monoisotopic (exact) mass is 344 g/mol. The Bertz CT molecular complexity index is 579. The van der Waals surface area contributed by atoms with Crippen molar-refractivity contribution in [3.8, 4) is 0 Å². The minimum Gasteiger partial charge on any atom is -0.352 e. The fourth-order valence-electron chi connectivity index (χ4n) is 3.52. The highest BCUT2D eigenvalue weighted by atomic mass is 16.2. The second kappa shape index (κ2) is 9.59. The number of nitrogens with zero attached hydrogens (tertiary/aromatic N) is 1. The summed E-state index contributed by atoms with van der Waals surface area (Å²) in [5.41, 5.74) is 2.24. The van der Waals surface area contributed by atoms with Gasteiger partial charge < -0.3 is 10.2 Å². The number of hydrogen-bond acceptors (Lipinski definition) is 2. The largest absolute Gasteiger partial charge is 0.352 e. The summed E-state index contributed by atoms with van der Waals surface area (Å²) in [6, 6.07) is 7.97. The van der Waals surface area contributed by atoms with Gasteiger partial charge in [0.1, 0.15) is 6.04 Å². The van der Waals surface area contributed by atoms with Crippen molar-refractivity contribution in [2.45, 2.75) is 84.3 Å². The standard InChI is InChI=1S/C21H32N2O2/c1-4-9-20(24)23(15-18-11-8-10-16(2)14-18)17(3)21(25)22-19-12-6-5-7-13-19/h8,10-11,14,17,19H,4-7,9,12-13,15H2,1-3H3,(H,22,25)/t17-/m0/s1. The van der Waals surface area contributed by atoms with E-state index in [1.54, 1.807) is 4.90 Å². The number of carbonyl (C=O) groups is 2. The number of rotatable bonds is 7. The van der Waals surface area contributed by atoms with Gasteiger partial charge in [-0.1, -0.05) is 56.0 Å². The Balaban J connectivity index is 2.07. The smallest absolute Gasteiger partial charge is 0.242 e. The molecular weight excluding hydrogens is 312 g/mol. The van der Waals surface area contributed by atoms with Gasteiger partial charge in [0.2, 0.25) is 11.8 Å². The summed E-state index contributed by atoms with van der Waals surface area (Å²) in [4.78, 5) is 27.1. The van der Waals surface area contributed by atoms with E-state index in [1.165, 1.54) is 24.8 Å². The summed E-state index contributed by atoms with van der Waals surface area (Å²) in [5, 5.41) is 3.16. The van der Waals surface area contributed by atoms with E-state index in [9.17, 15) is 9.59 Å². The third-order valence-corrected chi connectivity index (χ3v) is 5.02. The number of benzene rings is 1. The van der Waals surface area contributed by atoms with Gasteiger partial charge in [0.05, 0.1) is 0 Å². The molecule has 0 spiro atoms. The van der Waals surface area contributed by atoms with Crippen molar-refractivity contribution in [3.05, 3.63) is 35.4 Å². The Morgan fingerprint density at radius 1 is 1.24 bits per heavy atom. The minimum atomic E-state index is -0.443. The van der Waals surface area contributed by atoms with E-state index < -0.39 is 6.04 Å². The van der Waals surface area contributed by atoms with Gasteiger partial charge in [-0.25, -0.2) is 0 Å². The Morgan fingerprint density at radius 2 is 1.96 bits per heavy atom. The fourth-order valence-corrected chi connectivity index (χ4v) is 3.52. The van der Waals surface area contributed by atoms with E-state index in [4.69, 9.17) is 0 Å². The molecule has 138 valence electrons. The highest BCUT2D eigenvalue weighted by Crippen LogP contribution is 2.18. The summed E-state index contributed by atoms with van der Waals surface area (Å²) in [6.45, 7) is 6.37. The van der Waals surface area contributed by atoms with E-state index in [2.05, 4.69) is 11.4 Å². The van der Waals surface area contributed by atoms with Gasteiger partial charge in [0.15, 0.2) is 0 Å². The Hall–Kier alpha value is -1.84. The quantitative estimate of drug-likeness (QED) is 0.814. The zero-order chi connectivity index (χ0) is 18.2. The van der Waals surface area contributed by atoms with Crippen LogP contribution in [0.3, 0.4) is 0 Å². The molecule has 1 aromatic carbocycles. The average Bonchev–Trinajstić information content (AvgIpc) is 2.60. The summed E-state index contributed by atoms with van der Waals surface area (Å²) >= 11 is 0. The topological polar surface area (TPSA) is 49.4 Å². The first kappa shape index (κ1) is 19.5. The molecule has 25 heavy (non-hydrogen) atoms. The number of aryl methyl sites for hydroxylation is 1. The van der Waals surface area contributed by atoms with Crippen LogP contribution in [0.25, 0.3) is 0 Å². The van der Waals surface area contributed by atoms with Crippen LogP contribution >= 0.6 is 0 Å². The molecule has 1 aromatic rings. The molecule has 0 radical (unpaired) electrons. The van der Waals surface area contributed by atoms with Gasteiger partial charge in [-0.2, -0.15) is 0 Å². The predicted molar refractivity (Wildman–Crippen MR) is 101 cm³/mol. The molecule has 2 rings (SSSR count). The van der Waals surface area contributed by atoms with E-state index in [-0.39, 0.29) is 17.9 Å². The molecular formula is C21H32N2O2. The zero-order valence-corrected chi connectivity index (χ0v) is 15.9. The molecule has 1 N–H and O–H groups in total. The predicted octanol–water partition coefficient (Wildman–Crippen LogP) is 3.96. The second-order valence-electron chi connectivity index (χ2n) is 7.28. The molecule has 1 aliphatic carbocycles. The van der Waals surface area contributed by atoms with Gasteiger partial charge in [-0.05, 0) is 38.7 Å². The maximum absolute atomic E-state index is 12.7. The van der Waals surface area contributed by atoms with Crippen molar-refractivity contribution in [3.63, 3.8) is 0 Å². The van der Waals surface area contributed by atoms with Crippen LogP contribution in [0.4, 0.5) is 0 Å². The first-order valence-corrected chi connectivity index (χ1v) is 9.66. The van der Waals surface area contributed by atoms with Crippen LogP contribution in [0.1, 0.15) is 69.9 Å². The fraction of sp³-hybridized carbons (Fsp3) is 0.619. The highest BCUT2D eigenvalue weighted by Gasteiger charge is 2.27. The molecule has 0 aliphatic heterocycles. The second-order valence-corrected chi connectivity index (χ2v) is 7.28. The van der Waals surface area contributed by atoms with Gasteiger partial charge in [-0.3, -0.25) is 9.59 Å². The molecule has 0 aromatic heterocycles. The normalized spacial score (nSPS) is 16.3. The molecule has 0 saturated heterocycles. The summed E-state index contributed by atoms with van der Waals surface area (Å²) in [6.07, 6.45) is 7.00. The lowest BCUT2D eigenvalue weighted by molar-refractivity contribution is -0.141. The molecule has 1 aliphatic rings. The van der Waals surface area contributed by atoms with Crippen LogP contribution in [0.15, 0.2) is 24.3 Å². The summed E-state index contributed by atoms with van der Waals surface area (Å²) in [7, 11) is 0. The summed E-state index contributed by atoms with van der Waals surface area (Å²) in [5.74, 6) is 0.0271. The van der Waals surface area contributed by atoms with Crippen molar-refractivity contribution >= 4 is 11.8 Å². The molecule has 2 amide bonds. The van der Waals surface area contributed by atoms with Crippen LogP contribution < -0.4 is 5.32 Å². The van der Waals surface area contributed by atoms with Gasteiger partial charge in [0, 0.05) is 19.0 Å². The molecule has 1 atom stereocenters. The average molecular weight is 344 g/mol. The lowest BCUT2D eigenvalue weighted by atomic mass is 9.95. The maximum Gasteiger partial charge on any atom is 0.242 e. The van der Waals surface area contributed by atoms with Crippen LogP contribution in [-0.2, 0) is 16.1 Å². The Labute approximate surface area is 152 Å². The molecule has 0 heterocycles. The van der Waals surface area contributed by atoms with E-state index in [1.807, 2.05) is 39.0 Å². The van der Waals surface area contributed by atoms with Crippen LogP contribution in [0.5, 0.6) is 0 Å². The number of carbonyl (C=O) groups excluding carboxylic acids is 2. The third-order valence-electron chi connectivity index (χ3n) is 5.02. The Kier molecular flexibility index (Phi) is 7.48. The minimum absolute atomic E-state index is 0.0241. The van der Waals surface area contributed by atoms with Crippen molar-refractivity contribution in [1.82, 2.24) is 10.2 Å². The van der Waals surface area contributed by atoms with Gasteiger partial charge in [0.25, 0.3) is 0 Å². The molecule has 4 heteroatoms. The first-order valence-electron chi connectivity index (χ1n) is 9.66. The number of hydrogen-bond donors (Lipinski definition) is 1. The van der Waals surface area contributed by atoms with Crippen LogP contribution in [-0.4, -0.2) is 28.8 Å². The molecule has 0 bridgehead atoms. The maximum atomic E-state index is 12.7. The lowest BCUT2D eigenvalue weighted by Gasteiger charge is -2.31. The Morgan fingerprint density at radius 3 is 2.60 bits per heavy atom. The summed E-state index contributed by atoms with van der Waals surface area (Å²) < 4.78 is 0. The van der Waals surface area contributed by atoms with Gasteiger partial charge in [-0.15, -0.1) is 0 Å². The van der Waals surface area contributed by atoms with Crippen molar-refractivity contribution < 1.29 is 9.59 Å². The van der Waals surface area contributed by atoms with E-state index in [0.29, 0.717) is 13.0 Å². The number of amides is 2. The third kappa shape index (κ3) is 5.87. The van der Waals surface area contributed by atoms with Crippen LogP contribution in [0, 0.1) is 6.92 Å². The van der Waals surface area contributed by atoms with Gasteiger partial charge >= 0.3 is 0 Å². The molecule has 0 unspecified atom stereocenters. The van der Waals surface area contributed by atoms with E-state index in [0.717, 1.165) is 24.8 Å². The number of nitrogens with one attached hydrogen (secondary N) is 1. The molecule has 1 fully saturated rings. The highest BCUT2D eigenvalue weighted by molar-refractivity contribution is 5.87. The SMILES string of the molecule is CCCC(=O)N(Cc1cccc(C)c1)[C@@H](C)C(=O)NC1CCCCC1. The molecule has 1 saturated carbocycles.